The van der Waals surface area contributed by atoms with Crippen molar-refractivity contribution in [2.75, 3.05) is 45.3 Å². The summed E-state index contributed by atoms with van der Waals surface area (Å²) < 4.78 is 21.3. The van der Waals surface area contributed by atoms with Crippen molar-refractivity contribution in [2.45, 2.75) is 71.3 Å². The summed E-state index contributed by atoms with van der Waals surface area (Å²) in [7, 11) is 2.43. The van der Waals surface area contributed by atoms with Crippen molar-refractivity contribution in [1.29, 1.82) is 0 Å². The average molecular weight is 674 g/mol. The lowest BCUT2D eigenvalue weighted by Gasteiger charge is -2.19. The van der Waals surface area contributed by atoms with Gasteiger partial charge in [-0.3, -0.25) is 4.79 Å². The van der Waals surface area contributed by atoms with Crippen LogP contribution in [-0.2, 0) is 22.3 Å². The number of fused-ring (bicyclic) bond motifs is 1. The van der Waals surface area contributed by atoms with Gasteiger partial charge in [-0.15, -0.1) is 0 Å². The molecule has 2 aromatic heterocycles. The third-order valence-electron chi connectivity index (χ3n) is 8.90. The molecule has 0 spiro atoms. The molecule has 1 saturated carbocycles. The molecule has 0 radical (unpaired) electrons. The molecule has 4 aromatic rings. The van der Waals surface area contributed by atoms with E-state index in [1.165, 1.54) is 29.7 Å². The minimum absolute atomic E-state index is 0.0634. The highest BCUT2D eigenvalue weighted by Crippen LogP contribution is 2.45. The van der Waals surface area contributed by atoms with Gasteiger partial charge in [-0.1, -0.05) is 38.8 Å². The number of aromatic nitrogens is 4. The summed E-state index contributed by atoms with van der Waals surface area (Å²) >= 11 is 0. The van der Waals surface area contributed by atoms with Crippen molar-refractivity contribution < 1.29 is 18.9 Å². The molecule has 2 heterocycles. The first-order valence-corrected chi connectivity index (χ1v) is 19.1. The van der Waals surface area contributed by atoms with Gasteiger partial charge in [-0.2, -0.15) is 0 Å². The molecule has 48 heavy (non-hydrogen) atoms. The highest BCUT2D eigenvalue weighted by Gasteiger charge is 2.25. The fraction of sp³-hybridized carbons (Fsp3) is 0.472. The molecule has 1 N–H and O–H groups in total. The van der Waals surface area contributed by atoms with Crippen molar-refractivity contribution >= 4 is 47.1 Å². The normalized spacial score (nSPS) is 13.5. The van der Waals surface area contributed by atoms with Crippen molar-refractivity contribution in [3.05, 3.63) is 66.2 Å². The molecule has 256 valence electrons. The number of likely N-dealkylation sites (N-methyl/N-ethyl adjacent to an activating group) is 2. The van der Waals surface area contributed by atoms with Gasteiger partial charge in [-0.25, -0.2) is 19.7 Å². The zero-order valence-electron chi connectivity index (χ0n) is 28.8. The highest BCUT2D eigenvalue weighted by atomic mass is 31.2. The topological polar surface area (TPSA) is 123 Å². The number of nitrogens with zero attached hydrogens (tertiary/aromatic N) is 6. The van der Waals surface area contributed by atoms with Crippen LogP contribution in [0.2, 0.25) is 0 Å². The van der Waals surface area contributed by atoms with Crippen molar-refractivity contribution in [1.82, 2.24) is 29.3 Å². The standard InChI is InChI=1S/C36H48N7O4P/c1-6-21-48(46,22-7-2)30-17-15-28(16-18-30)38-34-32-35(40-33(39-34)27-12-8-9-13-27)43(25-37-32)20-19-26-11-10-14-29(23-26)47-36(45)42(5)24-31(44)41(3)4/h10-11,14-18,23,25,27H,6-9,12-13,19-22,24H2,1-5H3,(H,38,39,40). The zero-order valence-corrected chi connectivity index (χ0v) is 29.7. The van der Waals surface area contributed by atoms with E-state index in [-0.39, 0.29) is 12.5 Å². The lowest BCUT2D eigenvalue weighted by Crippen LogP contribution is -2.39. The Morgan fingerprint density at radius 3 is 2.38 bits per heavy atom. The van der Waals surface area contributed by atoms with Crippen LogP contribution < -0.4 is 15.4 Å². The maximum Gasteiger partial charge on any atom is 0.415 e. The number of hydrogen-bond acceptors (Lipinski definition) is 8. The van der Waals surface area contributed by atoms with Gasteiger partial charge < -0.3 is 29.0 Å². The number of benzene rings is 2. The molecule has 0 atom stereocenters. The summed E-state index contributed by atoms with van der Waals surface area (Å²) in [6, 6.07) is 15.4. The van der Waals surface area contributed by atoms with Crippen LogP contribution >= 0.6 is 7.14 Å². The van der Waals surface area contributed by atoms with Gasteiger partial charge in [0, 0.05) is 56.9 Å². The molecule has 5 rings (SSSR count). The molecular formula is C36H48N7O4P. The minimum Gasteiger partial charge on any atom is -0.410 e. The fourth-order valence-electron chi connectivity index (χ4n) is 6.23. The van der Waals surface area contributed by atoms with Gasteiger partial charge in [0.15, 0.2) is 17.0 Å². The maximum atomic E-state index is 13.7. The fourth-order valence-corrected chi connectivity index (χ4v) is 9.10. The monoisotopic (exact) mass is 673 g/mol. The number of carbonyl (C=O) groups excluding carboxylic acids is 2. The van der Waals surface area contributed by atoms with Crippen LogP contribution in [0.1, 0.15) is 69.7 Å². The Hall–Kier alpha value is -4.24. The molecule has 1 aliphatic rings. The number of amides is 2. The van der Waals surface area contributed by atoms with Crippen LogP contribution in [0.5, 0.6) is 5.75 Å². The smallest absolute Gasteiger partial charge is 0.410 e. The van der Waals surface area contributed by atoms with E-state index in [9.17, 15) is 14.2 Å². The molecule has 0 unspecified atom stereocenters. The van der Waals surface area contributed by atoms with Gasteiger partial charge in [0.05, 0.1) is 6.33 Å². The van der Waals surface area contributed by atoms with Gasteiger partial charge in [-0.05, 0) is 74.1 Å². The Labute approximate surface area is 283 Å². The van der Waals surface area contributed by atoms with Crippen molar-refractivity contribution in [3.63, 3.8) is 0 Å². The van der Waals surface area contributed by atoms with Crippen LogP contribution in [0.4, 0.5) is 16.3 Å². The Morgan fingerprint density at radius 2 is 1.71 bits per heavy atom. The molecule has 1 fully saturated rings. The van der Waals surface area contributed by atoms with Crippen molar-refractivity contribution in [3.8, 4) is 5.75 Å². The molecule has 0 saturated heterocycles. The second kappa shape index (κ2) is 15.8. The largest absolute Gasteiger partial charge is 0.415 e. The highest BCUT2D eigenvalue weighted by molar-refractivity contribution is 7.71. The van der Waals surface area contributed by atoms with Crippen LogP contribution in [-0.4, -0.2) is 81.3 Å². The average Bonchev–Trinajstić information content (AvgIpc) is 3.75. The van der Waals surface area contributed by atoms with E-state index in [1.807, 2.05) is 42.5 Å². The van der Waals surface area contributed by atoms with Gasteiger partial charge >= 0.3 is 6.09 Å². The van der Waals surface area contributed by atoms with E-state index < -0.39 is 13.2 Å². The summed E-state index contributed by atoms with van der Waals surface area (Å²) in [4.78, 5) is 42.0. The van der Waals surface area contributed by atoms with E-state index in [0.717, 1.165) is 66.0 Å². The number of imidazole rings is 1. The maximum absolute atomic E-state index is 13.7. The number of ether oxygens (including phenoxy) is 1. The molecule has 2 aromatic carbocycles. The number of carbonyl (C=O) groups is 2. The first-order chi connectivity index (χ1) is 23.1. The summed E-state index contributed by atoms with van der Waals surface area (Å²) in [6.45, 7) is 4.73. The number of rotatable bonds is 14. The number of anilines is 2. The second-order valence-electron chi connectivity index (χ2n) is 12.9. The Balaban J connectivity index is 1.34. The van der Waals surface area contributed by atoms with Gasteiger partial charge in [0.25, 0.3) is 0 Å². The van der Waals surface area contributed by atoms with E-state index in [1.54, 1.807) is 26.5 Å². The molecule has 11 nitrogen and oxygen atoms in total. The summed E-state index contributed by atoms with van der Waals surface area (Å²) in [5, 5.41) is 4.44. The molecular weight excluding hydrogens is 625 g/mol. The SMILES string of the molecule is CCCP(=O)(CCC)c1ccc(Nc2nc(C3CCCC3)nc3c2ncn3CCc2cccc(OC(=O)N(C)CC(=O)N(C)C)c2)cc1. The molecule has 2 amide bonds. The minimum atomic E-state index is -2.40. The lowest BCUT2D eigenvalue weighted by molar-refractivity contribution is -0.129. The van der Waals surface area contributed by atoms with Gasteiger partial charge in [0.2, 0.25) is 5.91 Å². The van der Waals surface area contributed by atoms with Crippen LogP contribution in [0, 0.1) is 0 Å². The Bertz CT molecular complexity index is 1760. The number of hydrogen-bond donors (Lipinski definition) is 1. The predicted octanol–water partition coefficient (Wildman–Crippen LogP) is 6.80. The van der Waals surface area contributed by atoms with Gasteiger partial charge in [0.1, 0.15) is 25.3 Å². The molecule has 1 aliphatic carbocycles. The molecule has 0 bridgehead atoms. The summed E-state index contributed by atoms with van der Waals surface area (Å²) in [5.41, 5.74) is 3.33. The second-order valence-corrected chi connectivity index (χ2v) is 16.1. The first kappa shape index (κ1) is 35.1. The third kappa shape index (κ3) is 8.42. The zero-order chi connectivity index (χ0) is 34.3. The quantitative estimate of drug-likeness (QED) is 0.145. The van der Waals surface area contributed by atoms with E-state index in [2.05, 4.69) is 23.7 Å². The Kier molecular flexibility index (Phi) is 11.5. The molecule has 12 heteroatoms. The predicted molar refractivity (Wildman–Crippen MR) is 191 cm³/mol. The van der Waals surface area contributed by atoms with E-state index in [4.69, 9.17) is 19.7 Å². The Morgan fingerprint density at radius 1 is 1.00 bits per heavy atom. The lowest BCUT2D eigenvalue weighted by atomic mass is 10.1. The molecule has 0 aliphatic heterocycles. The van der Waals surface area contributed by atoms with E-state index in [0.29, 0.717) is 36.0 Å². The van der Waals surface area contributed by atoms with Crippen LogP contribution in [0.25, 0.3) is 11.2 Å². The summed E-state index contributed by atoms with van der Waals surface area (Å²) in [6.07, 6.45) is 9.63. The summed E-state index contributed by atoms with van der Waals surface area (Å²) in [5.74, 6) is 2.05. The third-order valence-corrected chi connectivity index (χ3v) is 12.5. The van der Waals surface area contributed by atoms with Crippen molar-refractivity contribution in [2.24, 2.45) is 0 Å². The number of aryl methyl sites for hydroxylation is 2. The van der Waals surface area contributed by atoms with Crippen LogP contribution in [0.3, 0.4) is 0 Å². The number of nitrogens with one attached hydrogen (secondary N) is 1. The first-order valence-electron chi connectivity index (χ1n) is 17.0. The van der Waals surface area contributed by atoms with Crippen LogP contribution in [0.15, 0.2) is 54.9 Å². The van der Waals surface area contributed by atoms with E-state index >= 15 is 0 Å².